The van der Waals surface area contributed by atoms with Crippen LogP contribution in [0.2, 0.25) is 0 Å². The topological polar surface area (TPSA) is 60.7 Å². The van der Waals surface area contributed by atoms with Gasteiger partial charge >= 0.3 is 0 Å². The van der Waals surface area contributed by atoms with E-state index in [0.717, 1.165) is 16.5 Å². The summed E-state index contributed by atoms with van der Waals surface area (Å²) in [5.41, 5.74) is 2.03. The molecule has 24 heavy (non-hydrogen) atoms. The zero-order chi connectivity index (χ0) is 17.3. The quantitative estimate of drug-likeness (QED) is 0.728. The predicted octanol–water partition coefficient (Wildman–Crippen LogP) is 3.62. The molecule has 0 saturated heterocycles. The first-order valence-electron chi connectivity index (χ1n) is 7.58. The van der Waals surface area contributed by atoms with Crippen molar-refractivity contribution in [2.75, 3.05) is 14.2 Å². The van der Waals surface area contributed by atoms with Crippen LogP contribution in [0.3, 0.4) is 0 Å². The summed E-state index contributed by atoms with van der Waals surface area (Å²) in [5.74, 6) is 1.17. The first kappa shape index (κ1) is 15.9. The molecule has 0 aliphatic carbocycles. The number of para-hydroxylation sites is 1. The molecular formula is C19H19NO4. The summed E-state index contributed by atoms with van der Waals surface area (Å²) < 4.78 is 12.4. The van der Waals surface area contributed by atoms with Gasteiger partial charge in [0.05, 0.1) is 31.8 Å². The summed E-state index contributed by atoms with van der Waals surface area (Å²) in [6, 6.07) is 13.0. The monoisotopic (exact) mass is 325 g/mol. The van der Waals surface area contributed by atoms with Gasteiger partial charge < -0.3 is 19.1 Å². The Bertz CT molecular complexity index is 911. The second-order valence-corrected chi connectivity index (χ2v) is 5.54. The predicted molar refractivity (Wildman–Crippen MR) is 92.3 cm³/mol. The van der Waals surface area contributed by atoms with E-state index in [0.29, 0.717) is 23.6 Å². The number of ketones is 1. The zero-order valence-corrected chi connectivity index (χ0v) is 13.9. The first-order valence-corrected chi connectivity index (χ1v) is 7.58. The third kappa shape index (κ3) is 2.58. The molecule has 0 bridgehead atoms. The minimum atomic E-state index is -0.163. The average molecular weight is 325 g/mol. The van der Waals surface area contributed by atoms with E-state index < -0.39 is 0 Å². The maximum Gasteiger partial charge on any atom is 0.203 e. The molecule has 0 aliphatic rings. The molecule has 0 aliphatic heterocycles. The smallest absolute Gasteiger partial charge is 0.203 e. The van der Waals surface area contributed by atoms with Gasteiger partial charge in [-0.1, -0.05) is 18.2 Å². The second kappa shape index (κ2) is 6.28. The van der Waals surface area contributed by atoms with E-state index in [4.69, 9.17) is 9.47 Å². The first-order chi connectivity index (χ1) is 11.6. The molecule has 3 aromatic rings. The van der Waals surface area contributed by atoms with Crippen molar-refractivity contribution in [1.82, 2.24) is 4.57 Å². The number of fused-ring (bicyclic) bond motifs is 1. The van der Waals surface area contributed by atoms with Crippen molar-refractivity contribution in [3.05, 3.63) is 53.6 Å². The molecule has 1 heterocycles. The summed E-state index contributed by atoms with van der Waals surface area (Å²) in [7, 11) is 3.19. The Morgan fingerprint density at radius 3 is 2.54 bits per heavy atom. The van der Waals surface area contributed by atoms with Crippen molar-refractivity contribution in [2.45, 2.75) is 13.5 Å². The van der Waals surface area contributed by atoms with Crippen molar-refractivity contribution in [2.24, 2.45) is 0 Å². The van der Waals surface area contributed by atoms with Gasteiger partial charge in [-0.15, -0.1) is 0 Å². The number of aromatic hydroxyl groups is 1. The molecular weight excluding hydrogens is 306 g/mol. The van der Waals surface area contributed by atoms with Gasteiger partial charge in [0.25, 0.3) is 0 Å². The highest BCUT2D eigenvalue weighted by molar-refractivity contribution is 6.09. The molecule has 0 atom stereocenters. The highest BCUT2D eigenvalue weighted by Gasteiger charge is 2.20. The van der Waals surface area contributed by atoms with Gasteiger partial charge in [-0.2, -0.15) is 0 Å². The van der Waals surface area contributed by atoms with Crippen molar-refractivity contribution in [3.8, 4) is 17.4 Å². The number of methoxy groups -OCH3 is 2. The van der Waals surface area contributed by atoms with Gasteiger partial charge in [0.1, 0.15) is 11.5 Å². The van der Waals surface area contributed by atoms with E-state index in [1.807, 2.05) is 36.4 Å². The molecule has 1 aromatic heterocycles. The summed E-state index contributed by atoms with van der Waals surface area (Å²) in [6.07, 6.45) is 0. The van der Waals surface area contributed by atoms with E-state index in [2.05, 4.69) is 0 Å². The van der Waals surface area contributed by atoms with Gasteiger partial charge in [-0.25, -0.2) is 0 Å². The molecule has 0 fully saturated rings. The number of ether oxygens (including phenoxy) is 2. The molecule has 0 saturated carbocycles. The minimum absolute atomic E-state index is 0.0263. The Kier molecular flexibility index (Phi) is 4.16. The highest BCUT2D eigenvalue weighted by Crippen LogP contribution is 2.34. The maximum absolute atomic E-state index is 11.9. The molecule has 0 radical (unpaired) electrons. The Balaban J connectivity index is 2.15. The zero-order valence-electron chi connectivity index (χ0n) is 13.9. The number of hydrogen-bond donors (Lipinski definition) is 1. The van der Waals surface area contributed by atoms with E-state index >= 15 is 0 Å². The van der Waals surface area contributed by atoms with E-state index in [9.17, 15) is 9.90 Å². The number of Topliss-reactive ketones (excluding diaryl/α,β-unsaturated/α-hetero) is 1. The SMILES string of the molecule is COc1ccc(Cn2c(O)c(C(C)=O)c3ccccc32)c(OC)c1. The van der Waals surface area contributed by atoms with Crippen LogP contribution < -0.4 is 9.47 Å². The number of hydrogen-bond acceptors (Lipinski definition) is 4. The molecule has 0 unspecified atom stereocenters. The van der Waals surface area contributed by atoms with Gasteiger partial charge in [0, 0.05) is 17.0 Å². The van der Waals surface area contributed by atoms with Gasteiger partial charge in [-0.3, -0.25) is 4.79 Å². The van der Waals surface area contributed by atoms with Crippen LogP contribution in [-0.2, 0) is 6.54 Å². The van der Waals surface area contributed by atoms with Crippen molar-refractivity contribution in [1.29, 1.82) is 0 Å². The van der Waals surface area contributed by atoms with E-state index in [1.54, 1.807) is 24.9 Å². The standard InChI is InChI=1S/C19H19NO4/c1-12(21)18-15-6-4-5-7-16(15)20(19(18)22)11-13-8-9-14(23-2)10-17(13)24-3/h4-10,22H,11H2,1-3H3. The third-order valence-corrected chi connectivity index (χ3v) is 4.12. The van der Waals surface area contributed by atoms with Gasteiger partial charge in [-0.05, 0) is 25.1 Å². The molecule has 3 rings (SSSR count). The third-order valence-electron chi connectivity index (χ3n) is 4.12. The molecule has 5 heteroatoms. The molecule has 2 aromatic carbocycles. The van der Waals surface area contributed by atoms with Gasteiger partial charge in [0.15, 0.2) is 5.78 Å². The van der Waals surface area contributed by atoms with Crippen LogP contribution in [0.15, 0.2) is 42.5 Å². The molecule has 1 N–H and O–H groups in total. The largest absolute Gasteiger partial charge is 0.497 e. The van der Waals surface area contributed by atoms with Crippen LogP contribution in [0.4, 0.5) is 0 Å². The summed E-state index contributed by atoms with van der Waals surface area (Å²) >= 11 is 0. The Hall–Kier alpha value is -2.95. The summed E-state index contributed by atoms with van der Waals surface area (Å²) in [4.78, 5) is 11.9. The van der Waals surface area contributed by atoms with Crippen LogP contribution in [0.1, 0.15) is 22.8 Å². The van der Waals surface area contributed by atoms with Crippen LogP contribution in [0.5, 0.6) is 17.4 Å². The average Bonchev–Trinajstić information content (AvgIpc) is 2.87. The summed E-state index contributed by atoms with van der Waals surface area (Å²) in [6.45, 7) is 1.84. The normalized spacial score (nSPS) is 10.8. The molecule has 0 amide bonds. The van der Waals surface area contributed by atoms with Crippen molar-refractivity contribution < 1.29 is 19.4 Å². The van der Waals surface area contributed by atoms with Crippen molar-refractivity contribution >= 4 is 16.7 Å². The second-order valence-electron chi connectivity index (χ2n) is 5.54. The fraction of sp³-hybridized carbons (Fsp3) is 0.211. The molecule has 5 nitrogen and oxygen atoms in total. The van der Waals surface area contributed by atoms with Gasteiger partial charge in [0.2, 0.25) is 5.88 Å². The van der Waals surface area contributed by atoms with Crippen LogP contribution in [-0.4, -0.2) is 29.7 Å². The lowest BCUT2D eigenvalue weighted by Gasteiger charge is -2.13. The molecule has 0 spiro atoms. The van der Waals surface area contributed by atoms with Crippen LogP contribution in [0.25, 0.3) is 10.9 Å². The Labute approximate surface area is 140 Å². The molecule has 124 valence electrons. The van der Waals surface area contributed by atoms with E-state index in [-0.39, 0.29) is 11.7 Å². The summed E-state index contributed by atoms with van der Waals surface area (Å²) in [5, 5.41) is 11.3. The lowest BCUT2D eigenvalue weighted by Crippen LogP contribution is -2.02. The number of nitrogens with zero attached hydrogens (tertiary/aromatic N) is 1. The minimum Gasteiger partial charge on any atom is -0.497 e. The number of carbonyl (C=O) groups is 1. The number of carbonyl (C=O) groups excluding carboxylic acids is 1. The highest BCUT2D eigenvalue weighted by atomic mass is 16.5. The van der Waals surface area contributed by atoms with Crippen LogP contribution >= 0.6 is 0 Å². The fourth-order valence-corrected chi connectivity index (χ4v) is 2.95. The number of rotatable bonds is 5. The number of benzene rings is 2. The van der Waals surface area contributed by atoms with Crippen molar-refractivity contribution in [3.63, 3.8) is 0 Å². The lowest BCUT2D eigenvalue weighted by atomic mass is 10.1. The lowest BCUT2D eigenvalue weighted by molar-refractivity contribution is 0.101. The number of aromatic nitrogens is 1. The fourth-order valence-electron chi connectivity index (χ4n) is 2.95. The van der Waals surface area contributed by atoms with E-state index in [1.165, 1.54) is 6.92 Å². The Morgan fingerprint density at radius 2 is 1.88 bits per heavy atom. The Morgan fingerprint density at radius 1 is 1.12 bits per heavy atom. The van der Waals surface area contributed by atoms with Crippen LogP contribution in [0, 0.1) is 0 Å². The maximum atomic E-state index is 11.9.